The number of benzene rings is 2. The summed E-state index contributed by atoms with van der Waals surface area (Å²) in [6.07, 6.45) is 2.21. The van der Waals surface area contributed by atoms with E-state index < -0.39 is 17.7 Å². The lowest BCUT2D eigenvalue weighted by atomic mass is 9.78. The van der Waals surface area contributed by atoms with Crippen LogP contribution < -0.4 is 5.32 Å². The topological polar surface area (TPSA) is 99.3 Å². The number of aromatic amines is 1. The van der Waals surface area contributed by atoms with E-state index in [-0.39, 0.29) is 34.9 Å². The zero-order valence-corrected chi connectivity index (χ0v) is 17.9. The van der Waals surface area contributed by atoms with Gasteiger partial charge in [0.2, 0.25) is 5.91 Å². The summed E-state index contributed by atoms with van der Waals surface area (Å²) in [6.45, 7) is 0.110. The van der Waals surface area contributed by atoms with Gasteiger partial charge in [0.15, 0.2) is 0 Å². The van der Waals surface area contributed by atoms with E-state index in [9.17, 15) is 18.8 Å². The number of carboxylic acid groups (broad SMARTS) is 1. The minimum absolute atomic E-state index is 0.0908. The fourth-order valence-corrected chi connectivity index (χ4v) is 4.57. The normalized spacial score (nSPS) is 18.6. The van der Waals surface area contributed by atoms with E-state index in [1.807, 2.05) is 18.2 Å². The Morgan fingerprint density at radius 3 is 2.66 bits per heavy atom. The maximum absolute atomic E-state index is 13.4. The molecule has 1 saturated carbocycles. The first kappa shape index (κ1) is 22.0. The lowest BCUT2D eigenvalue weighted by molar-refractivity contribution is -0.136. The van der Waals surface area contributed by atoms with Gasteiger partial charge in [-0.25, -0.2) is 9.18 Å². The minimum atomic E-state index is -1.01. The summed E-state index contributed by atoms with van der Waals surface area (Å²) in [5.41, 5.74) is 2.45. The Labute approximate surface area is 188 Å². The standard InChI is InChI=1S/C24H22ClFN2O4/c25-17-7-15(8-18(26)11-17)12-27-23(30)19-3-1-14(9-22(19)29)5-13-2-4-20-16(6-13)10-21(28-20)24(31)32/h2,4,6-8,10-11,14,19,28H,1,3,5,9,12H2,(H,27,30)(H,31,32). The van der Waals surface area contributed by atoms with Crippen molar-refractivity contribution in [2.24, 2.45) is 11.8 Å². The second-order valence-corrected chi connectivity index (χ2v) is 8.71. The second kappa shape index (κ2) is 9.12. The number of carboxylic acids is 1. The quantitative estimate of drug-likeness (QED) is 0.475. The first-order valence-corrected chi connectivity index (χ1v) is 10.8. The molecular weight excluding hydrogens is 435 g/mol. The van der Waals surface area contributed by atoms with Crippen LogP contribution in [0.5, 0.6) is 0 Å². The molecule has 32 heavy (non-hydrogen) atoms. The lowest BCUT2D eigenvalue weighted by Gasteiger charge is -2.27. The van der Waals surface area contributed by atoms with E-state index >= 15 is 0 Å². The molecule has 2 atom stereocenters. The van der Waals surface area contributed by atoms with Crippen molar-refractivity contribution in [1.29, 1.82) is 0 Å². The number of aromatic carboxylic acids is 1. The SMILES string of the molecule is O=C(O)c1cc2cc(CC3CCC(C(=O)NCc4cc(F)cc(Cl)c4)C(=O)C3)ccc2[nH]1. The molecule has 3 aromatic rings. The second-order valence-electron chi connectivity index (χ2n) is 8.28. The molecule has 0 bridgehead atoms. The number of carbonyl (C=O) groups is 3. The Morgan fingerprint density at radius 1 is 1.12 bits per heavy atom. The molecule has 0 aliphatic heterocycles. The average molecular weight is 457 g/mol. The molecule has 1 aliphatic rings. The fourth-order valence-electron chi connectivity index (χ4n) is 4.33. The molecule has 1 amide bonds. The number of halogens is 2. The van der Waals surface area contributed by atoms with Crippen molar-refractivity contribution < 1.29 is 23.9 Å². The zero-order valence-electron chi connectivity index (χ0n) is 17.2. The molecule has 166 valence electrons. The Bertz CT molecular complexity index is 1190. The van der Waals surface area contributed by atoms with Crippen LogP contribution in [0.3, 0.4) is 0 Å². The van der Waals surface area contributed by atoms with Crippen LogP contribution in [0.1, 0.15) is 40.9 Å². The molecule has 2 aromatic carbocycles. The van der Waals surface area contributed by atoms with Crippen LogP contribution in [0.25, 0.3) is 10.9 Å². The van der Waals surface area contributed by atoms with Gasteiger partial charge in [-0.15, -0.1) is 0 Å². The largest absolute Gasteiger partial charge is 0.477 e. The number of Topliss-reactive ketones (excluding diaryl/α,β-unsaturated/α-hetero) is 1. The van der Waals surface area contributed by atoms with Crippen molar-refractivity contribution in [3.63, 3.8) is 0 Å². The molecule has 0 spiro atoms. The molecule has 1 fully saturated rings. The number of nitrogens with one attached hydrogen (secondary N) is 2. The summed E-state index contributed by atoms with van der Waals surface area (Å²) in [4.78, 5) is 39.1. The molecule has 1 heterocycles. The van der Waals surface area contributed by atoms with Crippen LogP contribution in [0.15, 0.2) is 42.5 Å². The van der Waals surface area contributed by atoms with Crippen molar-refractivity contribution in [3.05, 3.63) is 70.1 Å². The molecule has 1 aliphatic carbocycles. The summed E-state index contributed by atoms with van der Waals surface area (Å²) in [5.74, 6) is -2.49. The van der Waals surface area contributed by atoms with Crippen molar-refractivity contribution in [1.82, 2.24) is 10.3 Å². The Balaban J connectivity index is 1.33. The maximum atomic E-state index is 13.4. The zero-order chi connectivity index (χ0) is 22.8. The van der Waals surface area contributed by atoms with Gasteiger partial charge < -0.3 is 15.4 Å². The van der Waals surface area contributed by atoms with E-state index in [1.165, 1.54) is 12.1 Å². The van der Waals surface area contributed by atoms with Crippen LogP contribution in [-0.4, -0.2) is 27.8 Å². The van der Waals surface area contributed by atoms with Crippen LogP contribution in [0.4, 0.5) is 4.39 Å². The van der Waals surface area contributed by atoms with Crippen LogP contribution in [-0.2, 0) is 22.6 Å². The summed E-state index contributed by atoms with van der Waals surface area (Å²) in [6, 6.07) is 11.4. The Morgan fingerprint density at radius 2 is 1.94 bits per heavy atom. The summed E-state index contributed by atoms with van der Waals surface area (Å²) in [5, 5.41) is 12.9. The van der Waals surface area contributed by atoms with Gasteiger partial charge in [0.1, 0.15) is 17.3 Å². The van der Waals surface area contributed by atoms with E-state index in [4.69, 9.17) is 16.7 Å². The van der Waals surface area contributed by atoms with Crippen molar-refractivity contribution >= 4 is 40.2 Å². The predicted octanol–water partition coefficient (Wildman–Crippen LogP) is 4.50. The van der Waals surface area contributed by atoms with Crippen LogP contribution in [0.2, 0.25) is 5.02 Å². The molecule has 8 heteroatoms. The van der Waals surface area contributed by atoms with Gasteiger partial charge in [-0.3, -0.25) is 9.59 Å². The number of hydrogen-bond acceptors (Lipinski definition) is 3. The number of amides is 1. The highest BCUT2D eigenvalue weighted by Gasteiger charge is 2.33. The maximum Gasteiger partial charge on any atom is 0.352 e. The monoisotopic (exact) mass is 456 g/mol. The van der Waals surface area contributed by atoms with Gasteiger partial charge >= 0.3 is 5.97 Å². The number of H-pyrrole nitrogens is 1. The van der Waals surface area contributed by atoms with Gasteiger partial charge in [-0.2, -0.15) is 0 Å². The highest BCUT2D eigenvalue weighted by molar-refractivity contribution is 6.30. The van der Waals surface area contributed by atoms with E-state index in [2.05, 4.69) is 10.3 Å². The molecule has 1 aromatic heterocycles. The molecule has 0 radical (unpaired) electrons. The van der Waals surface area contributed by atoms with Gasteiger partial charge in [0.25, 0.3) is 0 Å². The molecule has 0 saturated heterocycles. The third kappa shape index (κ3) is 4.99. The van der Waals surface area contributed by atoms with Crippen LogP contribution >= 0.6 is 11.6 Å². The molecule has 4 rings (SSSR count). The molecule has 2 unspecified atom stereocenters. The van der Waals surface area contributed by atoms with E-state index in [0.29, 0.717) is 24.8 Å². The van der Waals surface area contributed by atoms with Crippen molar-refractivity contribution in [2.45, 2.75) is 32.2 Å². The number of hydrogen-bond donors (Lipinski definition) is 3. The van der Waals surface area contributed by atoms with Crippen LogP contribution in [0, 0.1) is 17.7 Å². The summed E-state index contributed by atoms with van der Waals surface area (Å²) < 4.78 is 13.4. The van der Waals surface area contributed by atoms with Gasteiger partial charge in [0.05, 0.1) is 5.92 Å². The smallest absolute Gasteiger partial charge is 0.352 e. The Kier molecular flexibility index (Phi) is 6.28. The molecule has 6 nitrogen and oxygen atoms in total. The first-order valence-electron chi connectivity index (χ1n) is 10.4. The highest BCUT2D eigenvalue weighted by Crippen LogP contribution is 2.30. The summed E-state index contributed by atoms with van der Waals surface area (Å²) >= 11 is 5.83. The number of rotatable bonds is 6. The lowest BCUT2D eigenvalue weighted by Crippen LogP contribution is -2.38. The fraction of sp³-hybridized carbons (Fsp3) is 0.292. The van der Waals surface area contributed by atoms with Gasteiger partial charge in [-0.1, -0.05) is 17.7 Å². The third-order valence-electron chi connectivity index (χ3n) is 5.89. The predicted molar refractivity (Wildman–Crippen MR) is 118 cm³/mol. The molecule has 3 N–H and O–H groups in total. The molecular formula is C24H22ClFN2O4. The Hall–Kier alpha value is -3.19. The minimum Gasteiger partial charge on any atom is -0.477 e. The van der Waals surface area contributed by atoms with E-state index in [1.54, 1.807) is 12.1 Å². The number of carbonyl (C=O) groups excluding carboxylic acids is 2. The number of fused-ring (bicyclic) bond motifs is 1. The van der Waals surface area contributed by atoms with E-state index in [0.717, 1.165) is 22.9 Å². The van der Waals surface area contributed by atoms with Gasteiger partial charge in [-0.05, 0) is 72.7 Å². The third-order valence-corrected chi connectivity index (χ3v) is 6.11. The van der Waals surface area contributed by atoms with Crippen molar-refractivity contribution in [3.8, 4) is 0 Å². The number of ketones is 1. The first-order chi connectivity index (χ1) is 15.3. The highest BCUT2D eigenvalue weighted by atomic mass is 35.5. The average Bonchev–Trinajstić information content (AvgIpc) is 3.15. The summed E-state index contributed by atoms with van der Waals surface area (Å²) in [7, 11) is 0. The van der Waals surface area contributed by atoms with Gasteiger partial charge in [0, 0.05) is 28.9 Å². The number of aromatic nitrogens is 1. The van der Waals surface area contributed by atoms with Crippen molar-refractivity contribution in [2.75, 3.05) is 0 Å².